The zero-order valence-electron chi connectivity index (χ0n) is 14.0. The van der Waals surface area contributed by atoms with E-state index in [4.69, 9.17) is 0 Å². The molecule has 5 heteroatoms. The summed E-state index contributed by atoms with van der Waals surface area (Å²) < 4.78 is 0. The zero-order valence-corrected chi connectivity index (χ0v) is 14.0. The number of H-pyrrole nitrogens is 1. The highest BCUT2D eigenvalue weighted by Gasteiger charge is 2.10. The number of likely N-dealkylation sites (tertiary alicyclic amines) is 1. The minimum atomic E-state index is -0.220. The molecule has 2 aromatic rings. The van der Waals surface area contributed by atoms with Gasteiger partial charge < -0.3 is 15.2 Å². The molecule has 5 nitrogen and oxygen atoms in total. The van der Waals surface area contributed by atoms with Crippen molar-refractivity contribution in [2.24, 2.45) is 0 Å². The van der Waals surface area contributed by atoms with E-state index in [1.807, 2.05) is 18.2 Å². The first-order chi connectivity index (χ1) is 11.7. The van der Waals surface area contributed by atoms with Crippen LogP contribution in [0.1, 0.15) is 42.6 Å². The van der Waals surface area contributed by atoms with Gasteiger partial charge in [-0.15, -0.1) is 0 Å². The molecule has 128 valence electrons. The van der Waals surface area contributed by atoms with Gasteiger partial charge in [0.1, 0.15) is 5.69 Å². The van der Waals surface area contributed by atoms with Gasteiger partial charge in [0.15, 0.2) is 0 Å². The van der Waals surface area contributed by atoms with E-state index in [0.29, 0.717) is 17.6 Å². The lowest BCUT2D eigenvalue weighted by molar-refractivity contribution is 0.0946. The predicted molar refractivity (Wildman–Crippen MR) is 96.4 cm³/mol. The van der Waals surface area contributed by atoms with Gasteiger partial charge in [-0.2, -0.15) is 0 Å². The second-order valence-corrected chi connectivity index (χ2v) is 6.46. The highest BCUT2D eigenvalue weighted by atomic mass is 16.2. The molecular weight excluding hydrogens is 302 g/mol. The van der Waals surface area contributed by atoms with Crippen LogP contribution in [0.3, 0.4) is 0 Å². The van der Waals surface area contributed by atoms with Gasteiger partial charge in [0.25, 0.3) is 11.5 Å². The fourth-order valence-electron chi connectivity index (χ4n) is 3.29. The summed E-state index contributed by atoms with van der Waals surface area (Å²) in [5, 5.41) is 4.30. The quantitative estimate of drug-likeness (QED) is 0.830. The Bertz CT molecular complexity index is 746. The molecule has 3 rings (SSSR count). The summed E-state index contributed by atoms with van der Waals surface area (Å²) in [4.78, 5) is 29.4. The van der Waals surface area contributed by atoms with Gasteiger partial charge in [-0.25, -0.2) is 0 Å². The second-order valence-electron chi connectivity index (χ2n) is 6.46. The summed E-state index contributed by atoms with van der Waals surface area (Å²) in [7, 11) is 0. The first kappa shape index (κ1) is 16.7. The number of carbonyl (C=O) groups is 1. The molecular formula is C19H25N3O2. The Morgan fingerprint density at radius 2 is 1.88 bits per heavy atom. The molecule has 1 saturated heterocycles. The first-order valence-electron chi connectivity index (χ1n) is 8.87. The second kappa shape index (κ2) is 8.11. The summed E-state index contributed by atoms with van der Waals surface area (Å²) >= 11 is 0. The minimum Gasteiger partial charge on any atom is -0.351 e. The summed E-state index contributed by atoms with van der Waals surface area (Å²) in [6.45, 7) is 4.00. The fourth-order valence-corrected chi connectivity index (χ4v) is 3.29. The maximum Gasteiger partial charge on any atom is 0.267 e. The van der Waals surface area contributed by atoms with Crippen LogP contribution >= 0.6 is 0 Å². The van der Waals surface area contributed by atoms with E-state index in [2.05, 4.69) is 15.2 Å². The van der Waals surface area contributed by atoms with Crippen molar-refractivity contribution in [3.05, 3.63) is 46.4 Å². The number of benzene rings is 1. The fraction of sp³-hybridized carbons (Fsp3) is 0.474. The minimum absolute atomic E-state index is 0.214. The van der Waals surface area contributed by atoms with Crippen LogP contribution in [-0.4, -0.2) is 42.0 Å². The molecule has 1 aromatic carbocycles. The zero-order chi connectivity index (χ0) is 16.8. The Morgan fingerprint density at radius 1 is 1.12 bits per heavy atom. The molecule has 0 saturated carbocycles. The van der Waals surface area contributed by atoms with Gasteiger partial charge in [-0.3, -0.25) is 9.59 Å². The van der Waals surface area contributed by atoms with E-state index in [9.17, 15) is 9.59 Å². The van der Waals surface area contributed by atoms with Gasteiger partial charge in [-0.1, -0.05) is 31.0 Å². The average Bonchev–Trinajstić information content (AvgIpc) is 2.87. The Morgan fingerprint density at radius 3 is 2.67 bits per heavy atom. The predicted octanol–water partition coefficient (Wildman–Crippen LogP) is 2.52. The normalized spacial score (nSPS) is 16.0. The standard InChI is InChI=1S/C19H25N3O2/c23-18-16-9-4-3-8-15(16)14-17(21-18)19(24)20-10-7-13-22-11-5-1-2-6-12-22/h3-4,8-9,14H,1-2,5-7,10-13H2,(H,20,24)(H,21,23). The van der Waals surface area contributed by atoms with E-state index >= 15 is 0 Å². The van der Waals surface area contributed by atoms with Gasteiger partial charge in [0.05, 0.1) is 0 Å². The molecule has 0 radical (unpaired) electrons. The van der Waals surface area contributed by atoms with Gasteiger partial charge >= 0.3 is 0 Å². The summed E-state index contributed by atoms with van der Waals surface area (Å²) in [6.07, 6.45) is 6.17. The molecule has 1 aromatic heterocycles. The number of nitrogens with one attached hydrogen (secondary N) is 2. The van der Waals surface area contributed by atoms with Gasteiger partial charge in [0, 0.05) is 11.9 Å². The number of aromatic nitrogens is 1. The molecule has 0 bridgehead atoms. The third-order valence-corrected chi connectivity index (χ3v) is 4.63. The lowest BCUT2D eigenvalue weighted by Gasteiger charge is -2.19. The molecule has 1 fully saturated rings. The summed E-state index contributed by atoms with van der Waals surface area (Å²) in [6, 6.07) is 9.03. The number of rotatable bonds is 5. The number of aromatic amines is 1. The highest BCUT2D eigenvalue weighted by molar-refractivity contribution is 5.96. The van der Waals surface area contributed by atoms with Crippen molar-refractivity contribution in [2.75, 3.05) is 26.2 Å². The molecule has 0 spiro atoms. The molecule has 0 aliphatic carbocycles. The Kier molecular flexibility index (Phi) is 5.64. The van der Waals surface area contributed by atoms with Crippen LogP contribution < -0.4 is 10.9 Å². The van der Waals surface area contributed by atoms with Crippen molar-refractivity contribution in [1.29, 1.82) is 0 Å². The molecule has 1 aliphatic heterocycles. The van der Waals surface area contributed by atoms with Gasteiger partial charge in [-0.05, 0) is 56.4 Å². The van der Waals surface area contributed by atoms with Crippen LogP contribution in [0.15, 0.2) is 35.1 Å². The highest BCUT2D eigenvalue weighted by Crippen LogP contribution is 2.10. The smallest absolute Gasteiger partial charge is 0.267 e. The van der Waals surface area contributed by atoms with E-state index < -0.39 is 0 Å². The number of fused-ring (bicyclic) bond motifs is 1. The third-order valence-electron chi connectivity index (χ3n) is 4.63. The van der Waals surface area contributed by atoms with Crippen molar-refractivity contribution in [3.8, 4) is 0 Å². The number of carbonyl (C=O) groups excluding carboxylic acids is 1. The third kappa shape index (κ3) is 4.23. The van der Waals surface area contributed by atoms with E-state index in [0.717, 1.165) is 18.4 Å². The van der Waals surface area contributed by atoms with Crippen LogP contribution in [0, 0.1) is 0 Å². The van der Waals surface area contributed by atoms with Crippen molar-refractivity contribution in [3.63, 3.8) is 0 Å². The maximum atomic E-state index is 12.3. The maximum absolute atomic E-state index is 12.3. The molecule has 1 amide bonds. The summed E-state index contributed by atoms with van der Waals surface area (Å²) in [5.41, 5.74) is 0.108. The molecule has 0 unspecified atom stereocenters. The lowest BCUT2D eigenvalue weighted by Crippen LogP contribution is -2.31. The van der Waals surface area contributed by atoms with E-state index in [1.54, 1.807) is 12.1 Å². The van der Waals surface area contributed by atoms with Crippen LogP contribution in [0.5, 0.6) is 0 Å². The van der Waals surface area contributed by atoms with Crippen LogP contribution in [-0.2, 0) is 0 Å². The molecule has 1 aliphatic rings. The monoisotopic (exact) mass is 327 g/mol. The first-order valence-corrected chi connectivity index (χ1v) is 8.87. The largest absolute Gasteiger partial charge is 0.351 e. The van der Waals surface area contributed by atoms with Gasteiger partial charge in [0.2, 0.25) is 0 Å². The number of pyridine rings is 1. The lowest BCUT2D eigenvalue weighted by atomic mass is 10.1. The van der Waals surface area contributed by atoms with Crippen LogP contribution in [0.2, 0.25) is 0 Å². The molecule has 24 heavy (non-hydrogen) atoms. The average molecular weight is 327 g/mol. The van der Waals surface area contributed by atoms with Crippen LogP contribution in [0.25, 0.3) is 10.8 Å². The number of hydrogen-bond acceptors (Lipinski definition) is 3. The van der Waals surface area contributed by atoms with Crippen molar-refractivity contribution < 1.29 is 4.79 Å². The van der Waals surface area contributed by atoms with Crippen LogP contribution in [0.4, 0.5) is 0 Å². The topological polar surface area (TPSA) is 65.2 Å². The van der Waals surface area contributed by atoms with Crippen molar-refractivity contribution in [2.45, 2.75) is 32.1 Å². The van der Waals surface area contributed by atoms with E-state index in [1.165, 1.54) is 38.8 Å². The van der Waals surface area contributed by atoms with E-state index in [-0.39, 0.29) is 11.5 Å². The Hall–Kier alpha value is -2.14. The number of amides is 1. The SMILES string of the molecule is O=C(NCCCN1CCCCCC1)c1cc2ccccc2c(=O)[nH]1. The molecule has 0 atom stereocenters. The number of hydrogen-bond donors (Lipinski definition) is 2. The summed E-state index contributed by atoms with van der Waals surface area (Å²) in [5.74, 6) is -0.214. The van der Waals surface area contributed by atoms with Crippen molar-refractivity contribution in [1.82, 2.24) is 15.2 Å². The molecule has 2 N–H and O–H groups in total. The Labute approximate surface area is 142 Å². The number of nitrogens with zero attached hydrogens (tertiary/aromatic N) is 1. The Balaban J connectivity index is 1.52. The van der Waals surface area contributed by atoms with Crippen molar-refractivity contribution >= 4 is 16.7 Å². The molecule has 2 heterocycles.